The summed E-state index contributed by atoms with van der Waals surface area (Å²) in [5.74, 6) is 1.46. The molecule has 0 fully saturated rings. The van der Waals surface area contributed by atoms with Crippen LogP contribution in [0.1, 0.15) is 18.1 Å². The van der Waals surface area contributed by atoms with Gasteiger partial charge < -0.3 is 9.47 Å². The van der Waals surface area contributed by atoms with E-state index >= 15 is 0 Å². The lowest BCUT2D eigenvalue weighted by molar-refractivity contribution is -0.384. The summed E-state index contributed by atoms with van der Waals surface area (Å²) in [5.41, 5.74) is 2.60. The number of halogens is 2. The molecule has 0 spiro atoms. The highest BCUT2D eigenvalue weighted by Crippen LogP contribution is 2.35. The first-order valence-electron chi connectivity index (χ1n) is 9.08. The lowest BCUT2D eigenvalue weighted by atomic mass is 10.2. The predicted octanol–water partition coefficient (Wildman–Crippen LogP) is 6.85. The fourth-order valence-corrected chi connectivity index (χ4v) is 4.06. The van der Waals surface area contributed by atoms with Crippen molar-refractivity contribution in [1.29, 1.82) is 0 Å². The molecule has 0 saturated carbocycles. The molecule has 30 heavy (non-hydrogen) atoms. The van der Waals surface area contributed by atoms with E-state index in [9.17, 15) is 10.1 Å². The lowest BCUT2D eigenvalue weighted by Crippen LogP contribution is -1.98. The molecule has 0 aliphatic carbocycles. The fourth-order valence-electron chi connectivity index (χ4n) is 2.61. The van der Waals surface area contributed by atoms with Gasteiger partial charge in [0.2, 0.25) is 0 Å². The molecule has 0 aliphatic heterocycles. The van der Waals surface area contributed by atoms with Crippen molar-refractivity contribution < 1.29 is 14.4 Å². The van der Waals surface area contributed by atoms with Gasteiger partial charge in [-0.05, 0) is 98.4 Å². The molecule has 6 nitrogen and oxygen atoms in total. The van der Waals surface area contributed by atoms with Crippen molar-refractivity contribution in [3.8, 4) is 11.5 Å². The van der Waals surface area contributed by atoms with Crippen LogP contribution < -0.4 is 9.47 Å². The van der Waals surface area contributed by atoms with E-state index in [-0.39, 0.29) is 12.3 Å². The minimum Gasteiger partial charge on any atom is -0.494 e. The highest BCUT2D eigenvalue weighted by Gasteiger charge is 2.10. The van der Waals surface area contributed by atoms with Crippen molar-refractivity contribution in [2.75, 3.05) is 6.61 Å². The van der Waals surface area contributed by atoms with Crippen LogP contribution in [0, 0.1) is 10.1 Å². The molecule has 154 valence electrons. The van der Waals surface area contributed by atoms with Crippen molar-refractivity contribution in [2.45, 2.75) is 13.5 Å². The van der Waals surface area contributed by atoms with Gasteiger partial charge in [-0.3, -0.25) is 15.1 Å². The SMILES string of the molecule is CCOc1ccc(N=Cc2cc(Br)c(OCc3ccc([N+](=O)[O-])cc3)c(Br)c2)cc1. The van der Waals surface area contributed by atoms with Gasteiger partial charge in [0.1, 0.15) is 18.1 Å². The van der Waals surface area contributed by atoms with Gasteiger partial charge in [0.05, 0.1) is 26.2 Å². The predicted molar refractivity (Wildman–Crippen MR) is 124 cm³/mol. The number of hydrogen-bond donors (Lipinski definition) is 0. The summed E-state index contributed by atoms with van der Waals surface area (Å²) in [6.45, 7) is 2.86. The van der Waals surface area contributed by atoms with Crippen LogP contribution >= 0.6 is 31.9 Å². The molecule has 3 aromatic carbocycles. The van der Waals surface area contributed by atoms with Gasteiger partial charge in [0.25, 0.3) is 5.69 Å². The van der Waals surface area contributed by atoms with Crippen LogP contribution in [0.2, 0.25) is 0 Å². The first-order valence-corrected chi connectivity index (χ1v) is 10.7. The number of non-ortho nitro benzene ring substituents is 1. The van der Waals surface area contributed by atoms with E-state index in [0.717, 1.165) is 31.5 Å². The molecule has 3 rings (SSSR count). The van der Waals surface area contributed by atoms with Crippen LogP contribution in [0.5, 0.6) is 11.5 Å². The second-order valence-electron chi connectivity index (χ2n) is 6.21. The average Bonchev–Trinajstić information content (AvgIpc) is 2.73. The van der Waals surface area contributed by atoms with E-state index in [1.165, 1.54) is 12.1 Å². The molecule has 0 heterocycles. The zero-order valence-corrected chi connectivity index (χ0v) is 19.2. The molecule has 3 aromatic rings. The Kier molecular flexibility index (Phi) is 7.59. The lowest BCUT2D eigenvalue weighted by Gasteiger charge is -2.11. The highest BCUT2D eigenvalue weighted by atomic mass is 79.9. The van der Waals surface area contributed by atoms with Crippen LogP contribution in [-0.2, 0) is 6.61 Å². The number of nitro groups is 1. The zero-order chi connectivity index (χ0) is 21.5. The van der Waals surface area contributed by atoms with Crippen LogP contribution in [0.25, 0.3) is 0 Å². The van der Waals surface area contributed by atoms with Gasteiger partial charge in [-0.2, -0.15) is 0 Å². The second-order valence-corrected chi connectivity index (χ2v) is 7.92. The van der Waals surface area contributed by atoms with E-state index in [4.69, 9.17) is 9.47 Å². The van der Waals surface area contributed by atoms with Crippen LogP contribution in [0.4, 0.5) is 11.4 Å². The zero-order valence-electron chi connectivity index (χ0n) is 16.0. The maximum atomic E-state index is 10.7. The Morgan fingerprint density at radius 3 is 2.20 bits per heavy atom. The summed E-state index contributed by atoms with van der Waals surface area (Å²) < 4.78 is 12.9. The summed E-state index contributed by atoms with van der Waals surface area (Å²) in [7, 11) is 0. The quantitative estimate of drug-likeness (QED) is 0.180. The molecule has 0 atom stereocenters. The Morgan fingerprint density at radius 1 is 1.00 bits per heavy atom. The van der Waals surface area contributed by atoms with E-state index in [2.05, 4.69) is 36.9 Å². The molecule has 0 unspecified atom stereocenters. The summed E-state index contributed by atoms with van der Waals surface area (Å²) in [4.78, 5) is 14.8. The van der Waals surface area contributed by atoms with Crippen molar-refractivity contribution in [3.63, 3.8) is 0 Å². The molecule has 0 aromatic heterocycles. The number of ether oxygens (including phenoxy) is 2. The smallest absolute Gasteiger partial charge is 0.269 e. The van der Waals surface area contributed by atoms with Crippen LogP contribution in [-0.4, -0.2) is 17.7 Å². The van der Waals surface area contributed by atoms with Gasteiger partial charge >= 0.3 is 0 Å². The minimum atomic E-state index is -0.425. The summed E-state index contributed by atoms with van der Waals surface area (Å²) in [6.07, 6.45) is 1.77. The van der Waals surface area contributed by atoms with Gasteiger partial charge in [-0.15, -0.1) is 0 Å². The van der Waals surface area contributed by atoms with Gasteiger partial charge in [0.15, 0.2) is 0 Å². The van der Waals surface area contributed by atoms with E-state index in [0.29, 0.717) is 12.4 Å². The summed E-state index contributed by atoms with van der Waals surface area (Å²) in [5, 5.41) is 10.7. The molecule has 8 heteroatoms. The maximum Gasteiger partial charge on any atom is 0.269 e. The van der Waals surface area contributed by atoms with Crippen molar-refractivity contribution in [1.82, 2.24) is 0 Å². The van der Waals surface area contributed by atoms with Crippen molar-refractivity contribution in [2.24, 2.45) is 4.99 Å². The number of nitrogens with zero attached hydrogens (tertiary/aromatic N) is 2. The topological polar surface area (TPSA) is 74.0 Å². The molecule has 0 bridgehead atoms. The molecular weight excluding hydrogens is 516 g/mol. The molecular formula is C22H18Br2N2O4. The number of benzene rings is 3. The Morgan fingerprint density at radius 2 is 1.63 bits per heavy atom. The number of rotatable bonds is 8. The Hall–Kier alpha value is -2.71. The van der Waals surface area contributed by atoms with E-state index < -0.39 is 4.92 Å². The van der Waals surface area contributed by atoms with Crippen LogP contribution in [0.3, 0.4) is 0 Å². The first kappa shape index (κ1) is 22.0. The summed E-state index contributed by atoms with van der Waals surface area (Å²) in [6, 6.07) is 17.7. The summed E-state index contributed by atoms with van der Waals surface area (Å²) >= 11 is 7.07. The second kappa shape index (κ2) is 10.4. The van der Waals surface area contributed by atoms with Crippen LogP contribution in [0.15, 0.2) is 74.6 Å². The fraction of sp³-hybridized carbons (Fsp3) is 0.136. The Bertz CT molecular complexity index is 1030. The standard InChI is InChI=1S/C22H18Br2N2O4/c1-2-29-19-9-5-17(6-10-19)25-13-16-11-20(23)22(21(24)12-16)30-14-15-3-7-18(8-4-15)26(27)28/h3-13H,2,14H2,1H3. The van der Waals surface area contributed by atoms with Gasteiger partial charge in [0, 0.05) is 18.3 Å². The van der Waals surface area contributed by atoms with Gasteiger partial charge in [-0.25, -0.2) is 0 Å². The molecule has 0 amide bonds. The average molecular weight is 534 g/mol. The molecule has 0 aliphatic rings. The van der Waals surface area contributed by atoms with E-state index in [1.807, 2.05) is 43.3 Å². The normalized spacial score (nSPS) is 10.9. The maximum absolute atomic E-state index is 10.7. The first-order chi connectivity index (χ1) is 14.5. The molecule has 0 saturated heterocycles. The third-order valence-corrected chi connectivity index (χ3v) is 5.24. The number of nitro benzene ring substituents is 1. The Balaban J connectivity index is 1.67. The minimum absolute atomic E-state index is 0.0530. The molecule has 0 N–H and O–H groups in total. The number of aliphatic imine (C=N–C) groups is 1. The van der Waals surface area contributed by atoms with Crippen molar-refractivity contribution >= 4 is 49.4 Å². The highest BCUT2D eigenvalue weighted by molar-refractivity contribution is 9.11. The third kappa shape index (κ3) is 5.90. The monoisotopic (exact) mass is 532 g/mol. The van der Waals surface area contributed by atoms with Crippen molar-refractivity contribution in [3.05, 3.63) is 90.9 Å². The largest absolute Gasteiger partial charge is 0.494 e. The molecule has 0 radical (unpaired) electrons. The van der Waals surface area contributed by atoms with E-state index in [1.54, 1.807) is 18.3 Å². The number of hydrogen-bond acceptors (Lipinski definition) is 5. The third-order valence-electron chi connectivity index (χ3n) is 4.06. The Labute approximate surface area is 191 Å². The van der Waals surface area contributed by atoms with Gasteiger partial charge in [-0.1, -0.05) is 0 Å².